The molecule has 0 aromatic carbocycles. The molecule has 1 aromatic rings. The Morgan fingerprint density at radius 1 is 1.40 bits per heavy atom. The molecule has 0 radical (unpaired) electrons. The van der Waals surface area contributed by atoms with E-state index < -0.39 is 0 Å². The van der Waals surface area contributed by atoms with Crippen molar-refractivity contribution < 1.29 is 0 Å². The zero-order valence-corrected chi connectivity index (χ0v) is 9.11. The third-order valence-electron chi connectivity index (χ3n) is 2.57. The Morgan fingerprint density at radius 3 is 2.93 bits per heavy atom. The summed E-state index contributed by atoms with van der Waals surface area (Å²) in [5.41, 5.74) is 1.23. The Morgan fingerprint density at radius 2 is 2.33 bits per heavy atom. The molecule has 3 nitrogen and oxygen atoms in total. The van der Waals surface area contributed by atoms with Gasteiger partial charge in [0.2, 0.25) is 0 Å². The zero-order chi connectivity index (χ0) is 10.5. The van der Waals surface area contributed by atoms with Crippen molar-refractivity contribution in [3.05, 3.63) is 36.0 Å². The molecule has 0 saturated heterocycles. The van der Waals surface area contributed by atoms with Crippen LogP contribution in [0.5, 0.6) is 0 Å². The Hall–Kier alpha value is -1.35. The number of nitrogens with one attached hydrogen (secondary N) is 1. The lowest BCUT2D eigenvalue weighted by molar-refractivity contribution is 0.792. The fourth-order valence-corrected chi connectivity index (χ4v) is 1.76. The van der Waals surface area contributed by atoms with Crippen LogP contribution in [0.2, 0.25) is 0 Å². The van der Waals surface area contributed by atoms with E-state index in [4.69, 9.17) is 0 Å². The van der Waals surface area contributed by atoms with Gasteiger partial charge in [0.15, 0.2) is 0 Å². The van der Waals surface area contributed by atoms with E-state index in [-0.39, 0.29) is 0 Å². The first-order chi connectivity index (χ1) is 7.40. The van der Waals surface area contributed by atoms with Crippen LogP contribution in [0.15, 0.2) is 30.5 Å². The molecular weight excluding hydrogens is 186 g/mol. The van der Waals surface area contributed by atoms with E-state index in [9.17, 15) is 0 Å². The van der Waals surface area contributed by atoms with Crippen LogP contribution in [0.3, 0.4) is 0 Å². The van der Waals surface area contributed by atoms with Crippen LogP contribution in [0.1, 0.15) is 12.0 Å². The minimum atomic E-state index is 0.882. The molecule has 3 heteroatoms. The highest BCUT2D eigenvalue weighted by molar-refractivity contribution is 5.41. The standard InChI is InChI=1S/C12H17N3/c1-13-9-11-5-6-12(14-10-11)15-7-3-2-4-8-15/h2-3,5-6,10,13H,4,7-9H2,1H3. The van der Waals surface area contributed by atoms with Crippen molar-refractivity contribution in [1.82, 2.24) is 10.3 Å². The van der Waals surface area contributed by atoms with E-state index >= 15 is 0 Å². The second-order valence-electron chi connectivity index (χ2n) is 3.76. The third kappa shape index (κ3) is 2.57. The van der Waals surface area contributed by atoms with Crippen molar-refractivity contribution in [2.45, 2.75) is 13.0 Å². The summed E-state index contributed by atoms with van der Waals surface area (Å²) in [4.78, 5) is 6.77. The fourth-order valence-electron chi connectivity index (χ4n) is 1.76. The first-order valence-corrected chi connectivity index (χ1v) is 5.39. The van der Waals surface area contributed by atoms with Gasteiger partial charge in [0.25, 0.3) is 0 Å². The number of nitrogens with zero attached hydrogens (tertiary/aromatic N) is 2. The smallest absolute Gasteiger partial charge is 0.128 e. The number of hydrogen-bond donors (Lipinski definition) is 1. The van der Waals surface area contributed by atoms with Crippen LogP contribution in [0, 0.1) is 0 Å². The van der Waals surface area contributed by atoms with Crippen LogP contribution in [0.25, 0.3) is 0 Å². The van der Waals surface area contributed by atoms with E-state index in [1.165, 1.54) is 5.56 Å². The van der Waals surface area contributed by atoms with E-state index in [1.807, 2.05) is 13.2 Å². The average molecular weight is 203 g/mol. The Labute approximate surface area is 90.8 Å². The largest absolute Gasteiger partial charge is 0.353 e. The summed E-state index contributed by atoms with van der Waals surface area (Å²) < 4.78 is 0. The average Bonchev–Trinajstić information content (AvgIpc) is 2.32. The molecule has 0 amide bonds. The van der Waals surface area contributed by atoms with Gasteiger partial charge in [-0.25, -0.2) is 4.98 Å². The first-order valence-electron chi connectivity index (χ1n) is 5.39. The molecule has 1 aromatic heterocycles. The molecule has 15 heavy (non-hydrogen) atoms. The van der Waals surface area contributed by atoms with Gasteiger partial charge in [-0.3, -0.25) is 0 Å². The third-order valence-corrected chi connectivity index (χ3v) is 2.57. The van der Waals surface area contributed by atoms with E-state index in [0.717, 1.165) is 31.9 Å². The highest BCUT2D eigenvalue weighted by atomic mass is 15.2. The maximum atomic E-state index is 4.47. The summed E-state index contributed by atoms with van der Waals surface area (Å²) in [5.74, 6) is 1.08. The van der Waals surface area contributed by atoms with Gasteiger partial charge in [-0.15, -0.1) is 0 Å². The maximum absolute atomic E-state index is 4.47. The maximum Gasteiger partial charge on any atom is 0.128 e. The summed E-state index contributed by atoms with van der Waals surface area (Å²) >= 11 is 0. The number of pyridine rings is 1. The molecule has 0 fully saturated rings. The molecule has 80 valence electrons. The SMILES string of the molecule is CNCc1ccc(N2CC=CCC2)nc1. The summed E-state index contributed by atoms with van der Waals surface area (Å²) in [6.45, 7) is 2.94. The highest BCUT2D eigenvalue weighted by Crippen LogP contribution is 2.14. The summed E-state index contributed by atoms with van der Waals surface area (Å²) in [6.07, 6.45) is 7.50. The van der Waals surface area contributed by atoms with Gasteiger partial charge in [-0.1, -0.05) is 18.2 Å². The summed E-state index contributed by atoms with van der Waals surface area (Å²) in [5, 5.41) is 3.12. The molecule has 1 aliphatic heterocycles. The lowest BCUT2D eigenvalue weighted by Gasteiger charge is -2.24. The normalized spacial score (nSPS) is 15.7. The van der Waals surface area contributed by atoms with Crippen LogP contribution in [-0.2, 0) is 6.54 Å². The van der Waals surface area contributed by atoms with Gasteiger partial charge in [0.1, 0.15) is 5.82 Å². The number of anilines is 1. The van der Waals surface area contributed by atoms with Gasteiger partial charge < -0.3 is 10.2 Å². The molecule has 2 heterocycles. The Balaban J connectivity index is 2.05. The molecule has 1 N–H and O–H groups in total. The lowest BCUT2D eigenvalue weighted by Crippen LogP contribution is -2.27. The van der Waals surface area contributed by atoms with Crippen molar-refractivity contribution in [3.8, 4) is 0 Å². The monoisotopic (exact) mass is 203 g/mol. The van der Waals surface area contributed by atoms with E-state index in [1.54, 1.807) is 0 Å². The van der Waals surface area contributed by atoms with Crippen molar-refractivity contribution in [2.24, 2.45) is 0 Å². The summed E-state index contributed by atoms with van der Waals surface area (Å²) in [7, 11) is 1.95. The molecular formula is C12H17N3. The van der Waals surface area contributed by atoms with Crippen LogP contribution in [-0.4, -0.2) is 25.1 Å². The van der Waals surface area contributed by atoms with Crippen molar-refractivity contribution in [2.75, 3.05) is 25.0 Å². The fraction of sp³-hybridized carbons (Fsp3) is 0.417. The predicted octanol–water partition coefficient (Wildman–Crippen LogP) is 1.57. The van der Waals surface area contributed by atoms with Gasteiger partial charge in [-0.05, 0) is 25.1 Å². The lowest BCUT2D eigenvalue weighted by atomic mass is 10.2. The minimum absolute atomic E-state index is 0.882. The second kappa shape index (κ2) is 4.94. The predicted molar refractivity (Wildman–Crippen MR) is 63.0 cm³/mol. The topological polar surface area (TPSA) is 28.2 Å². The van der Waals surface area contributed by atoms with Crippen LogP contribution < -0.4 is 10.2 Å². The Kier molecular flexibility index (Phi) is 3.35. The van der Waals surface area contributed by atoms with Crippen molar-refractivity contribution in [3.63, 3.8) is 0 Å². The molecule has 0 aliphatic carbocycles. The van der Waals surface area contributed by atoms with Gasteiger partial charge in [-0.2, -0.15) is 0 Å². The molecule has 2 rings (SSSR count). The van der Waals surface area contributed by atoms with Crippen molar-refractivity contribution >= 4 is 5.82 Å². The molecule has 0 spiro atoms. The number of aromatic nitrogens is 1. The van der Waals surface area contributed by atoms with Gasteiger partial charge in [0, 0.05) is 25.8 Å². The molecule has 0 bridgehead atoms. The van der Waals surface area contributed by atoms with E-state index in [0.29, 0.717) is 0 Å². The number of rotatable bonds is 3. The highest BCUT2D eigenvalue weighted by Gasteiger charge is 2.07. The Bertz CT molecular complexity index is 329. The molecule has 1 aliphatic rings. The molecule has 0 saturated carbocycles. The van der Waals surface area contributed by atoms with Gasteiger partial charge in [0.05, 0.1) is 0 Å². The van der Waals surface area contributed by atoms with Gasteiger partial charge >= 0.3 is 0 Å². The van der Waals surface area contributed by atoms with Crippen molar-refractivity contribution in [1.29, 1.82) is 0 Å². The minimum Gasteiger partial charge on any atom is -0.353 e. The van der Waals surface area contributed by atoms with Crippen LogP contribution >= 0.6 is 0 Å². The van der Waals surface area contributed by atoms with E-state index in [2.05, 4.69) is 39.5 Å². The second-order valence-corrected chi connectivity index (χ2v) is 3.76. The summed E-state index contributed by atoms with van der Waals surface area (Å²) in [6, 6.07) is 4.24. The zero-order valence-electron chi connectivity index (χ0n) is 9.11. The molecule has 0 atom stereocenters. The quantitative estimate of drug-likeness (QED) is 0.756. The first kappa shape index (κ1) is 10.2. The van der Waals surface area contributed by atoms with Crippen LogP contribution in [0.4, 0.5) is 5.82 Å². The molecule has 0 unspecified atom stereocenters. The number of hydrogen-bond acceptors (Lipinski definition) is 3.